The van der Waals surface area contributed by atoms with Crippen LogP contribution in [-0.2, 0) is 9.59 Å². The van der Waals surface area contributed by atoms with Crippen LogP contribution in [0.25, 0.3) is 0 Å². The summed E-state index contributed by atoms with van der Waals surface area (Å²) < 4.78 is 27.2. The van der Waals surface area contributed by atoms with Crippen LogP contribution in [0.4, 0.5) is 8.78 Å². The molecule has 1 aliphatic heterocycles. The molecule has 0 radical (unpaired) electrons. The van der Waals surface area contributed by atoms with Gasteiger partial charge >= 0.3 is 5.97 Å². The Labute approximate surface area is 138 Å². The van der Waals surface area contributed by atoms with Crippen LogP contribution in [0.15, 0.2) is 12.7 Å². The maximum absolute atomic E-state index is 13.6. The highest BCUT2D eigenvalue weighted by atomic mass is 19.3. The Morgan fingerprint density at radius 2 is 1.70 bits per heavy atom. The standard InChI is InChI=1S/C10H15F2NO2.C5H12.C2H4O/c1-3-10(11,12)9(8(14)15)5-4-6-13(2)7-9;1-5(2,3)4;1-2-3/h3H,1,4-7H2,2H3,(H,14,15);1-4H3;2H,1H3. The van der Waals surface area contributed by atoms with Gasteiger partial charge in [0.2, 0.25) is 0 Å². The van der Waals surface area contributed by atoms with Crippen molar-refractivity contribution < 1.29 is 23.5 Å². The SMILES string of the molecule is C=CC(F)(F)C1(C(=O)O)CCCN(C)C1.CC(C)(C)C.CC=O. The van der Waals surface area contributed by atoms with Crippen molar-refractivity contribution in [3.8, 4) is 0 Å². The number of allylic oxidation sites excluding steroid dienone is 1. The number of carboxylic acid groups (broad SMARTS) is 1. The third kappa shape index (κ3) is 8.79. The summed E-state index contributed by atoms with van der Waals surface area (Å²) in [5.74, 6) is -4.81. The summed E-state index contributed by atoms with van der Waals surface area (Å²) >= 11 is 0. The number of carbonyl (C=O) groups excluding carboxylic acids is 1. The van der Waals surface area contributed by atoms with E-state index in [-0.39, 0.29) is 13.0 Å². The first-order valence-electron chi connectivity index (χ1n) is 7.60. The van der Waals surface area contributed by atoms with E-state index in [0.29, 0.717) is 24.5 Å². The van der Waals surface area contributed by atoms with Crippen molar-refractivity contribution in [3.63, 3.8) is 0 Å². The summed E-state index contributed by atoms with van der Waals surface area (Å²) in [5.41, 5.74) is -1.51. The Kier molecular flexibility index (Phi) is 10.2. The number of carbonyl (C=O) groups is 2. The van der Waals surface area contributed by atoms with Crippen LogP contribution in [0.3, 0.4) is 0 Å². The van der Waals surface area contributed by atoms with E-state index in [9.17, 15) is 13.6 Å². The van der Waals surface area contributed by atoms with Gasteiger partial charge in [0.25, 0.3) is 5.92 Å². The molecule has 1 unspecified atom stereocenters. The van der Waals surface area contributed by atoms with E-state index in [2.05, 4.69) is 34.3 Å². The molecule has 136 valence electrons. The molecule has 0 aromatic rings. The third-order valence-corrected chi connectivity index (χ3v) is 2.99. The van der Waals surface area contributed by atoms with Crippen LogP contribution in [0.5, 0.6) is 0 Å². The largest absolute Gasteiger partial charge is 0.481 e. The lowest BCUT2D eigenvalue weighted by Gasteiger charge is -2.41. The lowest BCUT2D eigenvalue weighted by atomic mass is 9.74. The van der Waals surface area contributed by atoms with Gasteiger partial charge in [0.15, 0.2) is 0 Å². The fraction of sp³-hybridized carbons (Fsp3) is 0.765. The maximum atomic E-state index is 13.6. The van der Waals surface area contributed by atoms with Gasteiger partial charge in [0, 0.05) is 6.54 Å². The zero-order valence-electron chi connectivity index (χ0n) is 15.2. The topological polar surface area (TPSA) is 57.6 Å². The summed E-state index contributed by atoms with van der Waals surface area (Å²) in [6.07, 6.45) is 1.65. The smallest absolute Gasteiger partial charge is 0.317 e. The third-order valence-electron chi connectivity index (χ3n) is 2.99. The second-order valence-corrected chi connectivity index (χ2v) is 7.29. The molecule has 1 aliphatic rings. The maximum Gasteiger partial charge on any atom is 0.317 e. The predicted octanol–water partition coefficient (Wildman–Crippen LogP) is 3.86. The number of aldehydes is 1. The number of alkyl halides is 2. The molecule has 0 amide bonds. The number of hydrogen-bond donors (Lipinski definition) is 1. The zero-order valence-corrected chi connectivity index (χ0v) is 15.2. The van der Waals surface area contributed by atoms with E-state index in [1.54, 1.807) is 11.9 Å². The summed E-state index contributed by atoms with van der Waals surface area (Å²) in [6, 6.07) is 0. The van der Waals surface area contributed by atoms with Crippen LogP contribution in [0.1, 0.15) is 47.5 Å². The summed E-state index contributed by atoms with van der Waals surface area (Å²) in [6.45, 7) is 13.7. The van der Waals surface area contributed by atoms with Crippen LogP contribution >= 0.6 is 0 Å². The number of likely N-dealkylation sites (tertiary alicyclic amines) is 1. The van der Waals surface area contributed by atoms with Gasteiger partial charge in [-0.3, -0.25) is 4.79 Å². The quantitative estimate of drug-likeness (QED) is 0.628. The van der Waals surface area contributed by atoms with Gasteiger partial charge in [-0.1, -0.05) is 34.3 Å². The van der Waals surface area contributed by atoms with Gasteiger partial charge in [-0.25, -0.2) is 8.78 Å². The van der Waals surface area contributed by atoms with Gasteiger partial charge in [0.05, 0.1) is 0 Å². The normalized spacial score (nSPS) is 21.9. The zero-order chi connectivity index (χ0) is 18.9. The molecule has 1 heterocycles. The molecule has 6 heteroatoms. The highest BCUT2D eigenvalue weighted by Gasteiger charge is 2.58. The molecular formula is C17H31F2NO3. The van der Waals surface area contributed by atoms with E-state index >= 15 is 0 Å². The Hall–Kier alpha value is -1.30. The molecule has 0 aromatic heterocycles. The fourth-order valence-electron chi connectivity index (χ4n) is 2.05. The molecule has 1 rings (SSSR count). The molecule has 0 spiro atoms. The van der Waals surface area contributed by atoms with Crippen molar-refractivity contribution in [2.75, 3.05) is 20.1 Å². The number of piperidine rings is 1. The molecule has 0 bridgehead atoms. The highest BCUT2D eigenvalue weighted by molar-refractivity contribution is 5.77. The average molecular weight is 335 g/mol. The second-order valence-electron chi connectivity index (χ2n) is 7.29. The summed E-state index contributed by atoms with van der Waals surface area (Å²) in [4.78, 5) is 21.5. The molecule has 4 nitrogen and oxygen atoms in total. The molecule has 1 N–H and O–H groups in total. The lowest BCUT2D eigenvalue weighted by molar-refractivity contribution is -0.177. The number of carboxylic acids is 1. The molecule has 23 heavy (non-hydrogen) atoms. The first kappa shape index (κ1) is 24.0. The average Bonchev–Trinajstić information content (AvgIpc) is 2.37. The van der Waals surface area contributed by atoms with Gasteiger partial charge < -0.3 is 14.8 Å². The molecule has 0 aromatic carbocycles. The predicted molar refractivity (Wildman–Crippen MR) is 88.8 cm³/mol. The Balaban J connectivity index is 0. The van der Waals surface area contributed by atoms with E-state index in [4.69, 9.17) is 9.90 Å². The molecular weight excluding hydrogens is 304 g/mol. The Morgan fingerprint density at radius 1 is 1.30 bits per heavy atom. The minimum Gasteiger partial charge on any atom is -0.481 e. The Morgan fingerprint density at radius 3 is 1.96 bits per heavy atom. The fourth-order valence-corrected chi connectivity index (χ4v) is 2.05. The number of hydrogen-bond acceptors (Lipinski definition) is 3. The number of aliphatic carboxylic acids is 1. The highest BCUT2D eigenvalue weighted by Crippen LogP contribution is 2.44. The van der Waals surface area contributed by atoms with Gasteiger partial charge in [-0.15, -0.1) is 0 Å². The van der Waals surface area contributed by atoms with Crippen molar-refractivity contribution in [2.45, 2.75) is 53.4 Å². The van der Waals surface area contributed by atoms with Crippen LogP contribution < -0.4 is 0 Å². The van der Waals surface area contributed by atoms with E-state index in [1.807, 2.05) is 0 Å². The van der Waals surface area contributed by atoms with Crippen LogP contribution in [0.2, 0.25) is 0 Å². The van der Waals surface area contributed by atoms with Gasteiger partial charge in [-0.2, -0.15) is 0 Å². The van der Waals surface area contributed by atoms with Crippen molar-refractivity contribution in [3.05, 3.63) is 12.7 Å². The monoisotopic (exact) mass is 335 g/mol. The van der Waals surface area contributed by atoms with E-state index in [1.165, 1.54) is 6.92 Å². The molecule has 1 saturated heterocycles. The van der Waals surface area contributed by atoms with Crippen LogP contribution in [0, 0.1) is 10.8 Å². The first-order valence-corrected chi connectivity index (χ1v) is 7.60. The molecule has 0 aliphatic carbocycles. The second kappa shape index (κ2) is 9.75. The Bertz CT molecular complexity index is 386. The molecule has 1 fully saturated rings. The van der Waals surface area contributed by atoms with E-state index < -0.39 is 17.3 Å². The summed E-state index contributed by atoms with van der Waals surface area (Å²) in [7, 11) is 1.65. The minimum atomic E-state index is -3.37. The number of halogens is 2. The molecule has 0 saturated carbocycles. The van der Waals surface area contributed by atoms with Crippen molar-refractivity contribution in [1.29, 1.82) is 0 Å². The minimum absolute atomic E-state index is 0.00824. The van der Waals surface area contributed by atoms with Crippen molar-refractivity contribution >= 4 is 12.3 Å². The van der Waals surface area contributed by atoms with Crippen molar-refractivity contribution in [1.82, 2.24) is 4.90 Å². The first-order chi connectivity index (χ1) is 10.3. The molecule has 1 atom stereocenters. The lowest BCUT2D eigenvalue weighted by Crippen LogP contribution is -2.56. The van der Waals surface area contributed by atoms with E-state index in [0.717, 1.165) is 6.29 Å². The van der Waals surface area contributed by atoms with Crippen molar-refractivity contribution in [2.24, 2.45) is 10.8 Å². The van der Waals surface area contributed by atoms with Crippen LogP contribution in [-0.4, -0.2) is 48.3 Å². The number of rotatable bonds is 3. The number of nitrogens with zero attached hydrogens (tertiary/aromatic N) is 1. The van der Waals surface area contributed by atoms with Gasteiger partial charge in [-0.05, 0) is 44.8 Å². The summed E-state index contributed by atoms with van der Waals surface area (Å²) in [5, 5.41) is 9.02. The van der Waals surface area contributed by atoms with Gasteiger partial charge in [0.1, 0.15) is 11.7 Å².